The highest BCUT2D eigenvalue weighted by atomic mass is 16.5. The molecular formula is C15H18N2O5. The number of hydrogen-bond donors (Lipinski definition) is 1. The lowest BCUT2D eigenvalue weighted by atomic mass is 10.1. The Kier molecular flexibility index (Phi) is 4.77. The van der Waals surface area contributed by atoms with Crippen LogP contribution in [0.2, 0.25) is 0 Å². The molecule has 1 atom stereocenters. The van der Waals surface area contributed by atoms with Crippen molar-refractivity contribution in [2.75, 3.05) is 33.9 Å². The van der Waals surface area contributed by atoms with Gasteiger partial charge in [0, 0.05) is 31.8 Å². The Morgan fingerprint density at radius 1 is 1.27 bits per heavy atom. The average molecular weight is 306 g/mol. The van der Waals surface area contributed by atoms with Gasteiger partial charge in [0.1, 0.15) is 0 Å². The molecule has 2 amide bonds. The number of morpholine rings is 1. The molecule has 1 aliphatic heterocycles. The normalized spacial score (nSPS) is 17.9. The molecule has 0 bridgehead atoms. The Balaban J connectivity index is 2.27. The number of carbonyl (C=O) groups excluding carboxylic acids is 2. The molecule has 0 aliphatic carbocycles. The molecule has 22 heavy (non-hydrogen) atoms. The van der Waals surface area contributed by atoms with Gasteiger partial charge < -0.3 is 19.6 Å². The summed E-state index contributed by atoms with van der Waals surface area (Å²) in [6.07, 6.45) is 0. The van der Waals surface area contributed by atoms with Gasteiger partial charge in [0.2, 0.25) is 0 Å². The zero-order chi connectivity index (χ0) is 16.3. The minimum absolute atomic E-state index is 0.0304. The second-order valence-electron chi connectivity index (χ2n) is 5.21. The summed E-state index contributed by atoms with van der Waals surface area (Å²) in [4.78, 5) is 38.4. The van der Waals surface area contributed by atoms with E-state index in [2.05, 4.69) is 0 Å². The fourth-order valence-corrected chi connectivity index (χ4v) is 2.26. The van der Waals surface area contributed by atoms with Crippen molar-refractivity contribution in [3.05, 3.63) is 35.4 Å². The highest BCUT2D eigenvalue weighted by molar-refractivity contribution is 6.00. The predicted octanol–water partition coefficient (Wildman–Crippen LogP) is 0.314. The Labute approximate surface area is 128 Å². The Bertz CT molecular complexity index is 599. The van der Waals surface area contributed by atoms with E-state index in [1.807, 2.05) is 0 Å². The average Bonchev–Trinajstić information content (AvgIpc) is 2.53. The second kappa shape index (κ2) is 6.57. The first-order chi connectivity index (χ1) is 10.4. The lowest BCUT2D eigenvalue weighted by Gasteiger charge is -2.33. The number of hydrogen-bond acceptors (Lipinski definition) is 4. The molecule has 1 aromatic carbocycles. The lowest BCUT2D eigenvalue weighted by molar-refractivity contribution is -0.147. The minimum atomic E-state index is -1.10. The maximum atomic E-state index is 12.5. The standard InChI is InChI=1S/C15H18N2O5/c1-16(2)13(18)10-4-3-5-11(8-10)14(19)17-6-7-22-9-12(17)15(20)21/h3-5,8,12H,6-7,9H2,1-2H3,(H,20,21). The van der Waals surface area contributed by atoms with Crippen LogP contribution in [0.1, 0.15) is 20.7 Å². The van der Waals surface area contributed by atoms with Crippen LogP contribution >= 0.6 is 0 Å². The summed E-state index contributed by atoms with van der Waals surface area (Å²) in [7, 11) is 3.25. The smallest absolute Gasteiger partial charge is 0.328 e. The summed E-state index contributed by atoms with van der Waals surface area (Å²) in [5.41, 5.74) is 0.678. The van der Waals surface area contributed by atoms with E-state index >= 15 is 0 Å². The van der Waals surface area contributed by atoms with Crippen molar-refractivity contribution in [3.8, 4) is 0 Å². The molecule has 0 radical (unpaired) electrons. The third kappa shape index (κ3) is 3.25. The Hall–Kier alpha value is -2.41. The van der Waals surface area contributed by atoms with E-state index in [1.54, 1.807) is 32.3 Å². The maximum absolute atomic E-state index is 12.5. The van der Waals surface area contributed by atoms with Gasteiger partial charge in [0.25, 0.3) is 11.8 Å². The van der Waals surface area contributed by atoms with Crippen molar-refractivity contribution in [1.82, 2.24) is 9.80 Å². The SMILES string of the molecule is CN(C)C(=O)c1cccc(C(=O)N2CCOCC2C(=O)O)c1. The quantitative estimate of drug-likeness (QED) is 0.868. The fourth-order valence-electron chi connectivity index (χ4n) is 2.26. The molecule has 0 spiro atoms. The van der Waals surface area contributed by atoms with Crippen molar-refractivity contribution in [1.29, 1.82) is 0 Å². The van der Waals surface area contributed by atoms with Gasteiger partial charge in [0.15, 0.2) is 6.04 Å². The number of amides is 2. The van der Waals surface area contributed by atoms with Gasteiger partial charge >= 0.3 is 5.97 Å². The van der Waals surface area contributed by atoms with E-state index in [1.165, 1.54) is 15.9 Å². The largest absolute Gasteiger partial charge is 0.480 e. The molecule has 118 valence electrons. The molecule has 1 aromatic rings. The fraction of sp³-hybridized carbons (Fsp3) is 0.400. The zero-order valence-corrected chi connectivity index (χ0v) is 12.5. The molecule has 7 nitrogen and oxygen atoms in total. The lowest BCUT2D eigenvalue weighted by Crippen LogP contribution is -2.52. The van der Waals surface area contributed by atoms with Crippen LogP contribution in [0.25, 0.3) is 0 Å². The first-order valence-corrected chi connectivity index (χ1v) is 6.85. The van der Waals surface area contributed by atoms with Crippen LogP contribution in [0.4, 0.5) is 0 Å². The molecule has 1 N–H and O–H groups in total. The highest BCUT2D eigenvalue weighted by Crippen LogP contribution is 2.15. The van der Waals surface area contributed by atoms with Crippen LogP contribution in [-0.2, 0) is 9.53 Å². The number of carboxylic acids is 1. The molecule has 7 heteroatoms. The molecular weight excluding hydrogens is 288 g/mol. The first-order valence-electron chi connectivity index (χ1n) is 6.85. The van der Waals surface area contributed by atoms with Gasteiger partial charge in [-0.25, -0.2) is 4.79 Å². The minimum Gasteiger partial charge on any atom is -0.480 e. The van der Waals surface area contributed by atoms with Crippen molar-refractivity contribution in [3.63, 3.8) is 0 Å². The number of nitrogens with zero attached hydrogens (tertiary/aromatic N) is 2. The number of benzene rings is 1. The van der Waals surface area contributed by atoms with Crippen LogP contribution < -0.4 is 0 Å². The van der Waals surface area contributed by atoms with Crippen molar-refractivity contribution < 1.29 is 24.2 Å². The Morgan fingerprint density at radius 3 is 2.59 bits per heavy atom. The third-order valence-corrected chi connectivity index (χ3v) is 3.44. The van der Waals surface area contributed by atoms with Crippen molar-refractivity contribution >= 4 is 17.8 Å². The number of ether oxygens (including phenoxy) is 1. The first kappa shape index (κ1) is 16.0. The number of carboxylic acid groups (broad SMARTS) is 1. The van der Waals surface area contributed by atoms with Crippen LogP contribution in [-0.4, -0.2) is 72.6 Å². The topological polar surface area (TPSA) is 87.2 Å². The van der Waals surface area contributed by atoms with E-state index in [0.29, 0.717) is 17.7 Å². The van der Waals surface area contributed by atoms with Crippen molar-refractivity contribution in [2.45, 2.75) is 6.04 Å². The maximum Gasteiger partial charge on any atom is 0.328 e. The highest BCUT2D eigenvalue weighted by Gasteiger charge is 2.33. The molecule has 1 fully saturated rings. The zero-order valence-electron chi connectivity index (χ0n) is 12.5. The van der Waals surface area contributed by atoms with Gasteiger partial charge in [-0.15, -0.1) is 0 Å². The molecule has 1 saturated heterocycles. The van der Waals surface area contributed by atoms with Gasteiger partial charge in [0.05, 0.1) is 13.2 Å². The van der Waals surface area contributed by atoms with E-state index in [-0.39, 0.29) is 19.1 Å². The molecule has 1 unspecified atom stereocenters. The van der Waals surface area contributed by atoms with Crippen LogP contribution in [0.5, 0.6) is 0 Å². The van der Waals surface area contributed by atoms with E-state index in [0.717, 1.165) is 0 Å². The van der Waals surface area contributed by atoms with Gasteiger partial charge in [-0.05, 0) is 18.2 Å². The molecule has 1 heterocycles. The van der Waals surface area contributed by atoms with Crippen LogP contribution in [0.15, 0.2) is 24.3 Å². The van der Waals surface area contributed by atoms with E-state index in [4.69, 9.17) is 4.74 Å². The third-order valence-electron chi connectivity index (χ3n) is 3.44. The summed E-state index contributed by atoms with van der Waals surface area (Å²) >= 11 is 0. The summed E-state index contributed by atoms with van der Waals surface area (Å²) < 4.78 is 5.12. The van der Waals surface area contributed by atoms with Crippen LogP contribution in [0, 0.1) is 0 Å². The number of aliphatic carboxylic acids is 1. The van der Waals surface area contributed by atoms with Gasteiger partial charge in [-0.1, -0.05) is 6.07 Å². The van der Waals surface area contributed by atoms with Gasteiger partial charge in [-0.3, -0.25) is 9.59 Å². The number of rotatable bonds is 3. The van der Waals surface area contributed by atoms with Gasteiger partial charge in [-0.2, -0.15) is 0 Å². The van der Waals surface area contributed by atoms with Crippen molar-refractivity contribution in [2.24, 2.45) is 0 Å². The molecule has 0 saturated carbocycles. The van der Waals surface area contributed by atoms with Crippen LogP contribution in [0.3, 0.4) is 0 Å². The van der Waals surface area contributed by atoms with E-state index < -0.39 is 17.9 Å². The molecule has 1 aliphatic rings. The monoisotopic (exact) mass is 306 g/mol. The molecule has 0 aromatic heterocycles. The summed E-state index contributed by atoms with van der Waals surface area (Å²) in [6, 6.07) is 5.28. The predicted molar refractivity (Wildman–Crippen MR) is 77.7 cm³/mol. The second-order valence-corrected chi connectivity index (χ2v) is 5.21. The molecule has 2 rings (SSSR count). The Morgan fingerprint density at radius 2 is 1.95 bits per heavy atom. The summed E-state index contributed by atoms with van der Waals surface area (Å²) in [5.74, 6) is -1.73. The number of carbonyl (C=O) groups is 3. The summed E-state index contributed by atoms with van der Waals surface area (Å²) in [6.45, 7) is 0.477. The summed E-state index contributed by atoms with van der Waals surface area (Å²) in [5, 5.41) is 9.19. The van der Waals surface area contributed by atoms with E-state index in [9.17, 15) is 19.5 Å².